The van der Waals surface area contributed by atoms with Crippen molar-refractivity contribution in [1.82, 2.24) is 15.3 Å². The zero-order chi connectivity index (χ0) is 17.1. The van der Waals surface area contributed by atoms with Crippen molar-refractivity contribution < 1.29 is 4.79 Å². The first-order valence-electron chi connectivity index (χ1n) is 7.70. The molecule has 0 radical (unpaired) electrons. The largest absolute Gasteiger partial charge is 0.391 e. The molecule has 1 atom stereocenters. The highest BCUT2D eigenvalue weighted by atomic mass is 32.2. The summed E-state index contributed by atoms with van der Waals surface area (Å²) >= 11 is 1.12. The molecule has 126 valence electrons. The smallest absolute Gasteiger partial charge is 0.276 e. The fourth-order valence-electron chi connectivity index (χ4n) is 2.82. The molecule has 1 aromatic carbocycles. The molecule has 8 heteroatoms. The fraction of sp³-hybridized carbons (Fsp3) is 0.312. The van der Waals surface area contributed by atoms with Crippen molar-refractivity contribution in [3.05, 3.63) is 45.7 Å². The number of nitrogen functional groups attached to an aromatic ring is 2. The number of amides is 1. The van der Waals surface area contributed by atoms with Gasteiger partial charge in [0.2, 0.25) is 5.91 Å². The summed E-state index contributed by atoms with van der Waals surface area (Å²) in [5.41, 5.74) is 12.9. The normalized spacial score (nSPS) is 16.4. The van der Waals surface area contributed by atoms with Crippen LogP contribution in [0.15, 0.2) is 34.2 Å². The second kappa shape index (κ2) is 6.96. The quantitative estimate of drug-likeness (QED) is 0.487. The molecule has 1 aliphatic rings. The molecule has 6 N–H and O–H groups in total. The van der Waals surface area contributed by atoms with Gasteiger partial charge in [0.15, 0.2) is 11.0 Å². The summed E-state index contributed by atoms with van der Waals surface area (Å²) in [6, 6.07) is 8.21. The van der Waals surface area contributed by atoms with Crippen LogP contribution in [-0.2, 0) is 11.2 Å². The lowest BCUT2D eigenvalue weighted by atomic mass is 9.88. The summed E-state index contributed by atoms with van der Waals surface area (Å²) in [4.78, 5) is 30.2. The second-order valence-corrected chi connectivity index (χ2v) is 6.63. The van der Waals surface area contributed by atoms with Crippen LogP contribution in [0.1, 0.15) is 30.0 Å². The Bertz CT molecular complexity index is 820. The van der Waals surface area contributed by atoms with Crippen LogP contribution in [-0.4, -0.2) is 21.6 Å². The number of nitrogens with one attached hydrogen (secondary N) is 2. The third kappa shape index (κ3) is 3.53. The van der Waals surface area contributed by atoms with Gasteiger partial charge in [0.05, 0.1) is 11.8 Å². The Morgan fingerprint density at radius 2 is 2.17 bits per heavy atom. The van der Waals surface area contributed by atoms with Crippen LogP contribution < -0.4 is 22.3 Å². The lowest BCUT2D eigenvalue weighted by Crippen LogP contribution is -2.32. The van der Waals surface area contributed by atoms with E-state index in [1.165, 1.54) is 11.1 Å². The molecule has 1 heterocycles. The van der Waals surface area contributed by atoms with Gasteiger partial charge in [-0.15, -0.1) is 0 Å². The standard InChI is InChI=1S/C16H19N5O2S/c17-13-14(18)20-16(21-15(13)23)24-8-12(22)19-11-7-3-5-9-4-1-2-6-10(9)11/h1-2,4,6,11H,3,5,7-8,17H2,(H,19,22)(H3,18,20,21,23). The minimum Gasteiger partial charge on any atom is -0.391 e. The van der Waals surface area contributed by atoms with Crippen LogP contribution >= 0.6 is 11.8 Å². The number of aromatic nitrogens is 2. The number of hydrogen-bond acceptors (Lipinski definition) is 6. The zero-order valence-electron chi connectivity index (χ0n) is 13.0. The second-order valence-electron chi connectivity index (χ2n) is 5.67. The Morgan fingerprint density at radius 1 is 1.38 bits per heavy atom. The number of carbonyl (C=O) groups excluding carboxylic acids is 1. The summed E-state index contributed by atoms with van der Waals surface area (Å²) in [5, 5.41) is 3.33. The number of anilines is 2. The van der Waals surface area contributed by atoms with Crippen molar-refractivity contribution in [3.63, 3.8) is 0 Å². The average molecular weight is 345 g/mol. The number of fused-ring (bicyclic) bond motifs is 1. The van der Waals surface area contributed by atoms with E-state index in [0.29, 0.717) is 0 Å². The van der Waals surface area contributed by atoms with Crippen molar-refractivity contribution in [3.8, 4) is 0 Å². The third-order valence-corrected chi connectivity index (χ3v) is 4.88. The molecule has 1 aliphatic carbocycles. The molecular formula is C16H19N5O2S. The van der Waals surface area contributed by atoms with Crippen molar-refractivity contribution in [2.75, 3.05) is 17.2 Å². The maximum absolute atomic E-state index is 12.2. The molecule has 1 aromatic heterocycles. The van der Waals surface area contributed by atoms with Crippen LogP contribution in [0.25, 0.3) is 0 Å². The Balaban J connectivity index is 1.62. The number of nitrogens with zero attached hydrogens (tertiary/aromatic N) is 1. The zero-order valence-corrected chi connectivity index (χ0v) is 13.9. The van der Waals surface area contributed by atoms with Gasteiger partial charge in [-0.2, -0.15) is 0 Å². The van der Waals surface area contributed by atoms with Crippen molar-refractivity contribution in [2.24, 2.45) is 0 Å². The van der Waals surface area contributed by atoms with Crippen LogP contribution in [0, 0.1) is 0 Å². The van der Waals surface area contributed by atoms with Gasteiger partial charge in [0.1, 0.15) is 5.69 Å². The first-order valence-corrected chi connectivity index (χ1v) is 8.68. The summed E-state index contributed by atoms with van der Waals surface area (Å²) in [7, 11) is 0. The van der Waals surface area contributed by atoms with Crippen LogP contribution in [0.2, 0.25) is 0 Å². The summed E-state index contributed by atoms with van der Waals surface area (Å²) < 4.78 is 0. The predicted molar refractivity (Wildman–Crippen MR) is 94.7 cm³/mol. The van der Waals surface area contributed by atoms with E-state index < -0.39 is 5.56 Å². The van der Waals surface area contributed by atoms with E-state index in [1.807, 2.05) is 12.1 Å². The number of carbonyl (C=O) groups is 1. The van der Waals surface area contributed by atoms with E-state index in [0.717, 1.165) is 31.0 Å². The third-order valence-electron chi connectivity index (χ3n) is 4.01. The minimum atomic E-state index is -0.494. The van der Waals surface area contributed by atoms with E-state index in [1.54, 1.807) is 0 Å². The highest BCUT2D eigenvalue weighted by molar-refractivity contribution is 7.99. The maximum Gasteiger partial charge on any atom is 0.276 e. The van der Waals surface area contributed by atoms with Crippen molar-refractivity contribution >= 4 is 29.2 Å². The van der Waals surface area contributed by atoms with Gasteiger partial charge in [0.25, 0.3) is 5.56 Å². The molecule has 0 saturated heterocycles. The van der Waals surface area contributed by atoms with E-state index >= 15 is 0 Å². The van der Waals surface area contributed by atoms with Crippen molar-refractivity contribution in [2.45, 2.75) is 30.5 Å². The molecular weight excluding hydrogens is 326 g/mol. The molecule has 0 aliphatic heterocycles. The number of rotatable bonds is 4. The van der Waals surface area contributed by atoms with E-state index in [2.05, 4.69) is 27.4 Å². The Kier molecular flexibility index (Phi) is 4.75. The highest BCUT2D eigenvalue weighted by Crippen LogP contribution is 2.29. The Hall–Kier alpha value is -2.48. The van der Waals surface area contributed by atoms with Gasteiger partial charge in [-0.25, -0.2) is 4.98 Å². The molecule has 24 heavy (non-hydrogen) atoms. The summed E-state index contributed by atoms with van der Waals surface area (Å²) in [6.45, 7) is 0. The topological polar surface area (TPSA) is 127 Å². The van der Waals surface area contributed by atoms with Gasteiger partial charge in [-0.3, -0.25) is 14.6 Å². The van der Waals surface area contributed by atoms with Gasteiger partial charge in [-0.1, -0.05) is 36.0 Å². The molecule has 7 nitrogen and oxygen atoms in total. The Labute approximate surface area is 143 Å². The molecule has 0 saturated carbocycles. The number of aryl methyl sites for hydroxylation is 1. The fourth-order valence-corrected chi connectivity index (χ4v) is 3.50. The lowest BCUT2D eigenvalue weighted by molar-refractivity contribution is -0.119. The first kappa shape index (κ1) is 16.4. The number of H-pyrrole nitrogens is 1. The predicted octanol–water partition coefficient (Wildman–Crippen LogP) is 1.22. The van der Waals surface area contributed by atoms with E-state index in [-0.39, 0.29) is 34.4 Å². The SMILES string of the molecule is Nc1nc(SCC(=O)NC2CCCc3ccccc32)[nH]c(=O)c1N. The first-order chi connectivity index (χ1) is 11.5. The molecule has 0 bridgehead atoms. The molecule has 1 amide bonds. The monoisotopic (exact) mass is 345 g/mol. The van der Waals surface area contributed by atoms with Crippen LogP contribution in [0.4, 0.5) is 11.5 Å². The van der Waals surface area contributed by atoms with Gasteiger partial charge in [0, 0.05) is 0 Å². The van der Waals surface area contributed by atoms with Gasteiger partial charge in [-0.05, 0) is 30.4 Å². The Morgan fingerprint density at radius 3 is 2.96 bits per heavy atom. The van der Waals surface area contributed by atoms with Gasteiger partial charge >= 0.3 is 0 Å². The summed E-state index contributed by atoms with van der Waals surface area (Å²) in [6.07, 6.45) is 3.03. The van der Waals surface area contributed by atoms with Crippen molar-refractivity contribution in [1.29, 1.82) is 0 Å². The molecule has 1 unspecified atom stereocenters. The summed E-state index contributed by atoms with van der Waals surface area (Å²) in [5.74, 6) is 0.00735. The van der Waals surface area contributed by atoms with E-state index in [4.69, 9.17) is 11.5 Å². The van der Waals surface area contributed by atoms with Crippen LogP contribution in [0.3, 0.4) is 0 Å². The highest BCUT2D eigenvalue weighted by Gasteiger charge is 2.21. The number of benzene rings is 1. The van der Waals surface area contributed by atoms with Gasteiger partial charge < -0.3 is 16.8 Å². The lowest BCUT2D eigenvalue weighted by Gasteiger charge is -2.26. The van der Waals surface area contributed by atoms with Crippen LogP contribution in [0.5, 0.6) is 0 Å². The number of nitrogens with two attached hydrogens (primary N) is 2. The number of aromatic amines is 1. The maximum atomic E-state index is 12.2. The minimum absolute atomic E-state index is 0.0251. The molecule has 2 aromatic rings. The average Bonchev–Trinajstić information content (AvgIpc) is 2.58. The molecule has 3 rings (SSSR count). The van der Waals surface area contributed by atoms with E-state index in [9.17, 15) is 9.59 Å². The number of hydrogen-bond donors (Lipinski definition) is 4. The molecule has 0 fully saturated rings. The molecule has 0 spiro atoms. The number of thioether (sulfide) groups is 1.